The lowest BCUT2D eigenvalue weighted by molar-refractivity contribution is -0.385. The van der Waals surface area contributed by atoms with Gasteiger partial charge in [-0.3, -0.25) is 14.9 Å². The maximum atomic E-state index is 11.0. The van der Waals surface area contributed by atoms with Crippen LogP contribution in [0.5, 0.6) is 0 Å². The number of nitro benzene ring substituents is 1. The second-order valence-corrected chi connectivity index (χ2v) is 3.89. The van der Waals surface area contributed by atoms with Gasteiger partial charge in [0.2, 0.25) is 0 Å². The number of rotatable bonds is 2. The number of carbonyl (C=O) groups excluding carboxylic acids is 1. The molecule has 1 aromatic rings. The highest BCUT2D eigenvalue weighted by molar-refractivity contribution is 6.31. The Morgan fingerprint density at radius 3 is 2.81 bits per heavy atom. The number of esters is 1. The van der Waals surface area contributed by atoms with E-state index in [4.69, 9.17) is 16.3 Å². The smallest absolute Gasteiger partial charge is 0.306 e. The summed E-state index contributed by atoms with van der Waals surface area (Å²) < 4.78 is 5.02. The molecule has 0 amide bonds. The Hall–Kier alpha value is -1.62. The molecule has 84 valence electrons. The van der Waals surface area contributed by atoms with Crippen LogP contribution in [0.3, 0.4) is 0 Å². The topological polar surface area (TPSA) is 69.4 Å². The number of hydrogen-bond acceptors (Lipinski definition) is 4. The van der Waals surface area contributed by atoms with Crippen molar-refractivity contribution in [2.24, 2.45) is 0 Å². The van der Waals surface area contributed by atoms with Crippen LogP contribution in [0.2, 0.25) is 5.02 Å². The average molecular weight is 242 g/mol. The van der Waals surface area contributed by atoms with Crippen LogP contribution in [0, 0.1) is 10.1 Å². The van der Waals surface area contributed by atoms with Crippen molar-refractivity contribution >= 4 is 23.3 Å². The molecular weight excluding hydrogens is 234 g/mol. The van der Waals surface area contributed by atoms with Gasteiger partial charge in [0, 0.05) is 29.1 Å². The first-order valence-electron chi connectivity index (χ1n) is 4.71. The summed E-state index contributed by atoms with van der Waals surface area (Å²) >= 11 is 5.91. The van der Waals surface area contributed by atoms with Gasteiger partial charge in [-0.15, -0.1) is 0 Å². The predicted molar refractivity (Wildman–Crippen MR) is 56.2 cm³/mol. The molecule has 1 aliphatic heterocycles. The molecule has 16 heavy (non-hydrogen) atoms. The van der Waals surface area contributed by atoms with Crippen LogP contribution in [-0.2, 0) is 9.53 Å². The SMILES string of the molecule is O=C1CC[C@@H](c2cc([N+](=O)[O-])ccc2Cl)O1. The number of ether oxygens (including phenoxy) is 1. The van der Waals surface area contributed by atoms with Gasteiger partial charge in [-0.25, -0.2) is 0 Å². The molecule has 1 aliphatic rings. The maximum Gasteiger partial charge on any atom is 0.306 e. The Labute approximate surface area is 96.1 Å². The molecule has 0 spiro atoms. The van der Waals surface area contributed by atoms with Gasteiger partial charge in [-0.05, 0) is 12.5 Å². The first-order chi connectivity index (χ1) is 7.58. The summed E-state index contributed by atoms with van der Waals surface area (Å²) in [5.74, 6) is -0.299. The lowest BCUT2D eigenvalue weighted by atomic mass is 10.1. The Morgan fingerprint density at radius 2 is 2.25 bits per heavy atom. The summed E-state index contributed by atoms with van der Waals surface area (Å²) in [6.07, 6.45) is 0.378. The van der Waals surface area contributed by atoms with E-state index in [-0.39, 0.29) is 11.7 Å². The largest absolute Gasteiger partial charge is 0.457 e. The maximum absolute atomic E-state index is 11.0. The highest BCUT2D eigenvalue weighted by atomic mass is 35.5. The van der Waals surface area contributed by atoms with E-state index < -0.39 is 11.0 Å². The van der Waals surface area contributed by atoms with Crippen LogP contribution in [-0.4, -0.2) is 10.9 Å². The summed E-state index contributed by atoms with van der Waals surface area (Å²) in [5, 5.41) is 11.0. The number of carbonyl (C=O) groups is 1. The summed E-state index contributed by atoms with van der Waals surface area (Å²) in [5.41, 5.74) is 0.448. The van der Waals surface area contributed by atoms with Crippen molar-refractivity contribution in [3.63, 3.8) is 0 Å². The fraction of sp³-hybridized carbons (Fsp3) is 0.300. The zero-order valence-electron chi connectivity index (χ0n) is 8.18. The predicted octanol–water partition coefficient (Wildman–Crippen LogP) is 2.63. The van der Waals surface area contributed by atoms with Gasteiger partial charge in [0.15, 0.2) is 0 Å². The minimum absolute atomic E-state index is 0.0534. The van der Waals surface area contributed by atoms with Gasteiger partial charge >= 0.3 is 5.97 Å². The lowest BCUT2D eigenvalue weighted by Gasteiger charge is -2.10. The van der Waals surface area contributed by atoms with E-state index in [1.54, 1.807) is 0 Å². The zero-order valence-corrected chi connectivity index (χ0v) is 8.94. The van der Waals surface area contributed by atoms with Gasteiger partial charge in [0.1, 0.15) is 6.10 Å². The number of non-ortho nitro benzene ring substituents is 1. The fourth-order valence-corrected chi connectivity index (χ4v) is 1.88. The second-order valence-electron chi connectivity index (χ2n) is 3.48. The molecule has 0 N–H and O–H groups in total. The summed E-state index contributed by atoms with van der Waals surface area (Å²) in [6, 6.07) is 4.12. The highest BCUT2D eigenvalue weighted by Crippen LogP contribution is 2.35. The quantitative estimate of drug-likeness (QED) is 0.453. The van der Waals surface area contributed by atoms with Crippen LogP contribution in [0.1, 0.15) is 24.5 Å². The molecule has 0 bridgehead atoms. The van der Waals surface area contributed by atoms with E-state index in [2.05, 4.69) is 0 Å². The molecule has 1 atom stereocenters. The van der Waals surface area contributed by atoms with Gasteiger partial charge in [-0.2, -0.15) is 0 Å². The molecule has 0 unspecified atom stereocenters. The minimum atomic E-state index is -0.503. The van der Waals surface area contributed by atoms with E-state index in [1.807, 2.05) is 0 Å². The van der Waals surface area contributed by atoms with Crippen LogP contribution < -0.4 is 0 Å². The fourth-order valence-electron chi connectivity index (χ4n) is 1.64. The Bertz CT molecular complexity index is 460. The third-order valence-electron chi connectivity index (χ3n) is 2.42. The molecule has 0 saturated carbocycles. The van der Waals surface area contributed by atoms with Crippen molar-refractivity contribution < 1.29 is 14.5 Å². The van der Waals surface area contributed by atoms with Crippen molar-refractivity contribution in [3.8, 4) is 0 Å². The molecule has 6 heteroatoms. The molecule has 1 aromatic carbocycles. The second kappa shape index (κ2) is 4.09. The van der Waals surface area contributed by atoms with Crippen molar-refractivity contribution in [3.05, 3.63) is 38.9 Å². The molecule has 2 rings (SSSR count). The third kappa shape index (κ3) is 1.99. The number of cyclic esters (lactones) is 1. The van der Waals surface area contributed by atoms with E-state index in [9.17, 15) is 14.9 Å². The Balaban J connectivity index is 2.35. The third-order valence-corrected chi connectivity index (χ3v) is 2.77. The normalized spacial score (nSPS) is 19.6. The summed E-state index contributed by atoms with van der Waals surface area (Å²) in [6.45, 7) is 0. The van der Waals surface area contributed by atoms with Crippen LogP contribution in [0.15, 0.2) is 18.2 Å². The number of halogens is 1. The number of nitro groups is 1. The molecule has 1 fully saturated rings. The van der Waals surface area contributed by atoms with E-state index in [1.165, 1.54) is 18.2 Å². The first kappa shape index (κ1) is 10.9. The first-order valence-corrected chi connectivity index (χ1v) is 5.09. The zero-order chi connectivity index (χ0) is 11.7. The molecular formula is C10H8ClNO4. The summed E-state index contributed by atoms with van der Waals surface area (Å²) in [4.78, 5) is 21.1. The molecule has 1 saturated heterocycles. The number of nitrogens with zero attached hydrogens (tertiary/aromatic N) is 1. The van der Waals surface area contributed by atoms with E-state index in [0.29, 0.717) is 23.4 Å². The monoisotopic (exact) mass is 241 g/mol. The number of benzene rings is 1. The number of hydrogen-bond donors (Lipinski definition) is 0. The standard InChI is InChI=1S/C10H8ClNO4/c11-8-2-1-6(12(14)15)5-7(8)9-3-4-10(13)16-9/h1-2,5,9H,3-4H2/t9-/m0/s1. The van der Waals surface area contributed by atoms with Crippen LogP contribution in [0.25, 0.3) is 0 Å². The van der Waals surface area contributed by atoms with Crippen molar-refractivity contribution in [2.75, 3.05) is 0 Å². The van der Waals surface area contributed by atoms with E-state index in [0.717, 1.165) is 0 Å². The molecule has 0 radical (unpaired) electrons. The van der Waals surface area contributed by atoms with Crippen LogP contribution in [0.4, 0.5) is 5.69 Å². The van der Waals surface area contributed by atoms with E-state index >= 15 is 0 Å². The molecule has 0 aromatic heterocycles. The Morgan fingerprint density at radius 1 is 1.50 bits per heavy atom. The van der Waals surface area contributed by atoms with Crippen molar-refractivity contribution in [1.82, 2.24) is 0 Å². The van der Waals surface area contributed by atoms with Gasteiger partial charge in [0.25, 0.3) is 5.69 Å². The van der Waals surface area contributed by atoms with Gasteiger partial charge in [-0.1, -0.05) is 11.6 Å². The minimum Gasteiger partial charge on any atom is -0.457 e. The van der Waals surface area contributed by atoms with Crippen molar-refractivity contribution in [1.29, 1.82) is 0 Å². The molecule has 1 heterocycles. The average Bonchev–Trinajstić information content (AvgIpc) is 2.65. The Kier molecular flexibility index (Phi) is 2.78. The molecule has 0 aliphatic carbocycles. The van der Waals surface area contributed by atoms with Crippen molar-refractivity contribution in [2.45, 2.75) is 18.9 Å². The molecule has 5 nitrogen and oxygen atoms in total. The highest BCUT2D eigenvalue weighted by Gasteiger charge is 2.27. The summed E-state index contributed by atoms with van der Waals surface area (Å²) in [7, 11) is 0. The lowest BCUT2D eigenvalue weighted by Crippen LogP contribution is -2.00. The van der Waals surface area contributed by atoms with Gasteiger partial charge < -0.3 is 4.74 Å². The van der Waals surface area contributed by atoms with Gasteiger partial charge in [0.05, 0.1) is 4.92 Å². The van der Waals surface area contributed by atoms with Crippen LogP contribution >= 0.6 is 11.6 Å².